The molecule has 41 heavy (non-hydrogen) atoms. The van der Waals surface area contributed by atoms with E-state index in [0.717, 1.165) is 13.8 Å². The van der Waals surface area contributed by atoms with Gasteiger partial charge in [0.15, 0.2) is 29.3 Å². The van der Waals surface area contributed by atoms with E-state index in [1.165, 1.54) is 13.8 Å². The Kier molecular flexibility index (Phi) is 9.31. The van der Waals surface area contributed by atoms with Crippen LogP contribution in [0.15, 0.2) is 54.6 Å². The summed E-state index contributed by atoms with van der Waals surface area (Å²) in [7, 11) is 0. The van der Waals surface area contributed by atoms with Gasteiger partial charge in [-0.15, -0.1) is 0 Å². The number of rotatable bonds is 7. The number of aromatic nitrogens is 2. The summed E-state index contributed by atoms with van der Waals surface area (Å²) in [5, 5.41) is 0.632. The first kappa shape index (κ1) is 30.0. The number of ether oxygens (including phenoxy) is 5. The van der Waals surface area contributed by atoms with Crippen LogP contribution in [0.25, 0.3) is 16.6 Å². The van der Waals surface area contributed by atoms with Crippen LogP contribution in [0, 0.1) is 9.41 Å². The average Bonchev–Trinajstić information content (AvgIpc) is 2.90. The lowest BCUT2D eigenvalue weighted by atomic mass is 9.96. The maximum absolute atomic E-state index is 12.4. The van der Waals surface area contributed by atoms with Crippen molar-refractivity contribution in [3.63, 3.8) is 0 Å². The molecule has 11 nitrogen and oxygen atoms in total. The molecule has 1 aromatic heterocycles. The van der Waals surface area contributed by atoms with Crippen molar-refractivity contribution in [3.8, 4) is 5.69 Å². The number of hydrogen-bond donors (Lipinski definition) is 0. The Labute approximate surface area is 245 Å². The summed E-state index contributed by atoms with van der Waals surface area (Å²) >= 11 is 11.8. The number of para-hydroxylation sites is 2. The standard InChI is InChI=1S/C28H28N2O9S2/c1-15(31)35-14-22-23(36-16(2)32)24(37-17(3)33)25(38-18(4)34)26(39-22)30-21-13-9-8-12-20(21)27(40)29(28(30)41)19-10-6-5-7-11-19/h5-13,22-26H,14H2,1-4H3/t22-,23-,24+,25+,26-/m1/s1. The van der Waals surface area contributed by atoms with Crippen LogP contribution in [0.5, 0.6) is 0 Å². The van der Waals surface area contributed by atoms with Gasteiger partial charge in [0.2, 0.25) is 0 Å². The van der Waals surface area contributed by atoms with Crippen molar-refractivity contribution in [3.05, 3.63) is 64.0 Å². The summed E-state index contributed by atoms with van der Waals surface area (Å²) in [5.74, 6) is -2.78. The van der Waals surface area contributed by atoms with E-state index < -0.39 is 54.5 Å². The topological polar surface area (TPSA) is 124 Å². The van der Waals surface area contributed by atoms with Gasteiger partial charge < -0.3 is 23.7 Å². The third kappa shape index (κ3) is 6.53. The minimum absolute atomic E-state index is 0.181. The SMILES string of the molecule is CC(=O)OC[C@H]1O[C@@H](n2c(=S)n(-c3ccccc3)c(=S)c3ccccc32)[C@@H](OC(C)=O)[C@@H](OC(C)=O)[C@@H]1OC(C)=O. The van der Waals surface area contributed by atoms with Gasteiger partial charge in [-0.3, -0.25) is 28.3 Å². The normalized spacial score (nSPS) is 22.0. The Hall–Kier alpha value is -3.94. The monoisotopic (exact) mass is 600 g/mol. The fourth-order valence-electron chi connectivity index (χ4n) is 4.75. The quantitative estimate of drug-likeness (QED) is 0.221. The first-order valence-electron chi connectivity index (χ1n) is 12.6. The molecule has 0 saturated carbocycles. The third-order valence-corrected chi connectivity index (χ3v) is 7.01. The number of carbonyl (C=O) groups excluding carboxylic acids is 4. The van der Waals surface area contributed by atoms with Crippen LogP contribution in [0.1, 0.15) is 33.9 Å². The molecule has 1 aliphatic rings. The van der Waals surface area contributed by atoms with Crippen molar-refractivity contribution in [2.45, 2.75) is 58.3 Å². The van der Waals surface area contributed by atoms with Crippen LogP contribution in [0.3, 0.4) is 0 Å². The maximum Gasteiger partial charge on any atom is 0.303 e. The van der Waals surface area contributed by atoms with Crippen LogP contribution < -0.4 is 0 Å². The Morgan fingerprint density at radius 2 is 1.32 bits per heavy atom. The molecule has 1 saturated heterocycles. The Morgan fingerprint density at radius 1 is 0.756 bits per heavy atom. The molecule has 216 valence electrons. The fraction of sp³-hybridized carbons (Fsp3) is 0.357. The largest absolute Gasteiger partial charge is 0.463 e. The summed E-state index contributed by atoms with van der Waals surface area (Å²) in [6.45, 7) is 4.35. The highest BCUT2D eigenvalue weighted by Gasteiger charge is 2.53. The molecule has 0 amide bonds. The van der Waals surface area contributed by atoms with Gasteiger partial charge in [0.1, 0.15) is 17.4 Å². The molecule has 1 aliphatic heterocycles. The molecule has 0 spiro atoms. The highest BCUT2D eigenvalue weighted by Crippen LogP contribution is 2.37. The van der Waals surface area contributed by atoms with Gasteiger partial charge in [-0.1, -0.05) is 42.5 Å². The molecule has 2 heterocycles. The van der Waals surface area contributed by atoms with Gasteiger partial charge in [-0.05, 0) is 36.5 Å². The summed E-state index contributed by atoms with van der Waals surface area (Å²) in [4.78, 5) is 48.5. The zero-order valence-corrected chi connectivity index (χ0v) is 24.3. The molecular weight excluding hydrogens is 572 g/mol. The predicted octanol–water partition coefficient (Wildman–Crippen LogP) is 4.15. The molecule has 0 unspecified atom stereocenters. The second kappa shape index (κ2) is 12.7. The summed E-state index contributed by atoms with van der Waals surface area (Å²) < 4.78 is 32.3. The van der Waals surface area contributed by atoms with E-state index in [9.17, 15) is 19.2 Å². The lowest BCUT2D eigenvalue weighted by molar-refractivity contribution is -0.268. The van der Waals surface area contributed by atoms with Crippen LogP contribution >= 0.6 is 24.4 Å². The molecule has 13 heteroatoms. The Bertz CT molecular complexity index is 1600. The van der Waals surface area contributed by atoms with E-state index >= 15 is 0 Å². The Balaban J connectivity index is 2.02. The molecule has 5 atom stereocenters. The summed E-state index contributed by atoms with van der Waals surface area (Å²) in [6.07, 6.45) is -6.37. The zero-order chi connectivity index (χ0) is 29.8. The second-order valence-electron chi connectivity index (χ2n) is 9.24. The van der Waals surface area contributed by atoms with Gasteiger partial charge in [-0.25, -0.2) is 0 Å². The van der Waals surface area contributed by atoms with Crippen molar-refractivity contribution in [1.82, 2.24) is 9.13 Å². The van der Waals surface area contributed by atoms with Gasteiger partial charge >= 0.3 is 23.9 Å². The van der Waals surface area contributed by atoms with Crippen LogP contribution in [-0.4, -0.2) is 64.0 Å². The number of hydrogen-bond acceptors (Lipinski definition) is 11. The lowest BCUT2D eigenvalue weighted by Crippen LogP contribution is -2.60. The van der Waals surface area contributed by atoms with E-state index in [2.05, 4.69) is 0 Å². The molecular formula is C28H28N2O9S2. The number of esters is 4. The highest BCUT2D eigenvalue weighted by molar-refractivity contribution is 7.72. The number of carbonyl (C=O) groups is 4. The van der Waals surface area contributed by atoms with Crippen molar-refractivity contribution in [1.29, 1.82) is 0 Å². The van der Waals surface area contributed by atoms with Gasteiger partial charge in [0.25, 0.3) is 0 Å². The van der Waals surface area contributed by atoms with Gasteiger partial charge in [0, 0.05) is 38.8 Å². The zero-order valence-electron chi connectivity index (χ0n) is 22.7. The number of nitrogens with zero attached hydrogens (tertiary/aromatic N) is 2. The first-order valence-corrected chi connectivity index (χ1v) is 13.4. The average molecular weight is 601 g/mol. The van der Waals surface area contributed by atoms with E-state index in [1.807, 2.05) is 42.5 Å². The smallest absolute Gasteiger partial charge is 0.303 e. The van der Waals surface area contributed by atoms with Crippen LogP contribution in [-0.2, 0) is 42.9 Å². The molecule has 0 bridgehead atoms. The molecule has 1 fully saturated rings. The third-order valence-electron chi connectivity index (χ3n) is 6.23. The van der Waals surface area contributed by atoms with E-state index in [1.54, 1.807) is 21.3 Å². The molecule has 2 aromatic carbocycles. The second-order valence-corrected chi connectivity index (χ2v) is 9.99. The minimum Gasteiger partial charge on any atom is -0.463 e. The van der Waals surface area contributed by atoms with E-state index in [4.69, 9.17) is 48.1 Å². The molecule has 3 aromatic rings. The molecule has 0 N–H and O–H groups in total. The van der Waals surface area contributed by atoms with E-state index in [0.29, 0.717) is 21.2 Å². The summed E-state index contributed by atoms with van der Waals surface area (Å²) in [5.41, 5.74) is 1.21. The molecule has 4 rings (SSSR count). The van der Waals surface area contributed by atoms with Gasteiger partial charge in [-0.2, -0.15) is 0 Å². The number of benzene rings is 2. The van der Waals surface area contributed by atoms with Crippen molar-refractivity contribution < 1.29 is 42.9 Å². The van der Waals surface area contributed by atoms with Gasteiger partial charge in [0.05, 0.1) is 5.52 Å². The van der Waals surface area contributed by atoms with Crippen molar-refractivity contribution >= 4 is 59.2 Å². The summed E-state index contributed by atoms with van der Waals surface area (Å²) in [6, 6.07) is 16.4. The maximum atomic E-state index is 12.4. The van der Waals surface area contributed by atoms with E-state index in [-0.39, 0.29) is 11.4 Å². The highest BCUT2D eigenvalue weighted by atomic mass is 32.1. The lowest BCUT2D eigenvalue weighted by Gasteiger charge is -2.45. The first-order chi connectivity index (χ1) is 19.5. The predicted molar refractivity (Wildman–Crippen MR) is 150 cm³/mol. The van der Waals surface area contributed by atoms with Crippen molar-refractivity contribution in [2.24, 2.45) is 0 Å². The molecule has 0 aliphatic carbocycles. The molecule has 0 radical (unpaired) electrons. The Morgan fingerprint density at radius 3 is 1.93 bits per heavy atom. The van der Waals surface area contributed by atoms with Crippen molar-refractivity contribution in [2.75, 3.05) is 6.61 Å². The number of fused-ring (bicyclic) bond motifs is 1. The fourth-order valence-corrected chi connectivity index (χ4v) is 5.57. The van der Waals surface area contributed by atoms with Crippen LogP contribution in [0.4, 0.5) is 0 Å². The van der Waals surface area contributed by atoms with Crippen LogP contribution in [0.2, 0.25) is 0 Å². The minimum atomic E-state index is -1.35.